The molecule has 0 spiro atoms. The van der Waals surface area contributed by atoms with Crippen molar-refractivity contribution in [1.29, 1.82) is 0 Å². The number of fused-ring (bicyclic) bond motifs is 4. The number of rotatable bonds is 5. The normalized spacial score (nSPS) is 28.6. The number of para-hydroxylation sites is 1. The van der Waals surface area contributed by atoms with Crippen molar-refractivity contribution in [2.24, 2.45) is 23.7 Å². The molecule has 4 aliphatic rings. The number of hydrogen-bond donors (Lipinski definition) is 1. The first-order valence-electron chi connectivity index (χ1n) is 16.1. The summed E-state index contributed by atoms with van der Waals surface area (Å²) in [4.78, 5) is 60.7. The quantitative estimate of drug-likeness (QED) is 0.253. The summed E-state index contributed by atoms with van der Waals surface area (Å²) in [5, 5.41) is 12.2. The number of imide groups is 2. The molecular weight excluding hydrogens is 616 g/mol. The van der Waals surface area contributed by atoms with Crippen molar-refractivity contribution in [1.82, 2.24) is 4.90 Å². The van der Waals surface area contributed by atoms with Crippen LogP contribution >= 0.6 is 11.6 Å². The number of anilines is 1. The van der Waals surface area contributed by atoms with Gasteiger partial charge in [0.1, 0.15) is 0 Å². The maximum absolute atomic E-state index is 15.3. The highest BCUT2D eigenvalue weighted by Crippen LogP contribution is 2.65. The van der Waals surface area contributed by atoms with Crippen molar-refractivity contribution < 1.29 is 29.0 Å². The third kappa shape index (κ3) is 4.40. The van der Waals surface area contributed by atoms with Gasteiger partial charge in [-0.3, -0.25) is 24.1 Å². The predicted octanol–water partition coefficient (Wildman–Crippen LogP) is 6.41. The Morgan fingerprint density at radius 3 is 2.32 bits per heavy atom. The number of phenolic OH excluding ortho intramolecular Hbond substituents is 1. The second kappa shape index (κ2) is 11.1. The molecule has 2 aliphatic carbocycles. The Labute approximate surface area is 279 Å². The molecule has 4 amide bonds. The van der Waals surface area contributed by atoms with Gasteiger partial charge in [-0.05, 0) is 76.3 Å². The number of ether oxygens (including phenoxy) is 1. The first-order valence-corrected chi connectivity index (χ1v) is 16.5. The van der Waals surface area contributed by atoms with E-state index in [4.69, 9.17) is 16.3 Å². The number of hydrogen-bond acceptors (Lipinski definition) is 6. The molecule has 2 saturated heterocycles. The van der Waals surface area contributed by atoms with Gasteiger partial charge in [0.2, 0.25) is 23.6 Å². The van der Waals surface area contributed by atoms with Crippen LogP contribution in [-0.2, 0) is 24.6 Å². The van der Waals surface area contributed by atoms with Crippen LogP contribution in [0, 0.1) is 23.7 Å². The SMILES string of the molecule is CCOc1cccc([C@H]2C3=CC[C@@H]4C(=O)N(C(C)(C)C)C(=O)[C@@H]4[C@@H]3C[C@H]3C(=O)N(c4cccc(Cl)c4)C(=O)[C@@]23c2ccccc2)c1O. The van der Waals surface area contributed by atoms with E-state index in [1.807, 2.05) is 64.1 Å². The van der Waals surface area contributed by atoms with Crippen LogP contribution in [0.15, 0.2) is 84.4 Å². The van der Waals surface area contributed by atoms with Crippen LogP contribution in [0.2, 0.25) is 5.02 Å². The fraction of sp³-hybridized carbons (Fsp3) is 0.368. The van der Waals surface area contributed by atoms with E-state index in [2.05, 4.69) is 0 Å². The zero-order chi connectivity index (χ0) is 33.4. The number of amides is 4. The van der Waals surface area contributed by atoms with Gasteiger partial charge in [0.05, 0.1) is 35.5 Å². The Balaban J connectivity index is 1.51. The molecule has 3 fully saturated rings. The molecule has 7 rings (SSSR count). The predicted molar refractivity (Wildman–Crippen MR) is 177 cm³/mol. The molecule has 3 aromatic carbocycles. The van der Waals surface area contributed by atoms with Gasteiger partial charge in [-0.2, -0.15) is 0 Å². The first-order chi connectivity index (χ1) is 22.4. The van der Waals surface area contributed by atoms with Crippen LogP contribution < -0.4 is 9.64 Å². The molecule has 47 heavy (non-hydrogen) atoms. The summed E-state index contributed by atoms with van der Waals surface area (Å²) < 4.78 is 5.81. The van der Waals surface area contributed by atoms with Crippen molar-refractivity contribution in [2.75, 3.05) is 11.5 Å². The molecular formula is C38H37ClN2O6. The van der Waals surface area contributed by atoms with Crippen molar-refractivity contribution in [3.05, 3.63) is 101 Å². The van der Waals surface area contributed by atoms with Crippen LogP contribution in [0.3, 0.4) is 0 Å². The third-order valence-electron chi connectivity index (χ3n) is 10.5. The Morgan fingerprint density at radius 2 is 1.64 bits per heavy atom. The number of phenols is 1. The molecule has 0 bridgehead atoms. The fourth-order valence-electron chi connectivity index (χ4n) is 8.79. The summed E-state index contributed by atoms with van der Waals surface area (Å²) >= 11 is 6.38. The lowest BCUT2D eigenvalue weighted by atomic mass is 9.49. The average Bonchev–Trinajstić information content (AvgIpc) is 3.43. The zero-order valence-electron chi connectivity index (χ0n) is 26.8. The lowest BCUT2D eigenvalue weighted by Crippen LogP contribution is -2.53. The smallest absolute Gasteiger partial charge is 0.246 e. The summed E-state index contributed by atoms with van der Waals surface area (Å²) in [5.41, 5.74) is -0.0120. The molecule has 1 N–H and O–H groups in total. The van der Waals surface area contributed by atoms with Crippen LogP contribution in [0.25, 0.3) is 0 Å². The van der Waals surface area contributed by atoms with Gasteiger partial charge in [-0.1, -0.05) is 71.8 Å². The highest BCUT2D eigenvalue weighted by atomic mass is 35.5. The van der Waals surface area contributed by atoms with Crippen molar-refractivity contribution >= 4 is 40.9 Å². The standard InChI is InChI=1S/C38H37ClN2O6/c1-5-47-29-16-10-15-26(32(29)42)31-24-17-18-25-30(35(45)41(33(25)43)37(2,3)4)27(24)20-28-34(44)40(23-14-9-13-22(39)19-23)36(46)38(28,31)21-11-7-6-8-12-21/h6-17,19,25,27-28,30-31,42H,5,18,20H2,1-4H3/t25-,27+,28-,30-,31+,38+/m0/s1. The number of benzene rings is 3. The molecule has 0 radical (unpaired) electrons. The summed E-state index contributed by atoms with van der Waals surface area (Å²) in [6.45, 7) is 7.66. The van der Waals surface area contributed by atoms with E-state index in [-0.39, 0.29) is 29.7 Å². The summed E-state index contributed by atoms with van der Waals surface area (Å²) in [7, 11) is 0. The van der Waals surface area contributed by atoms with Gasteiger partial charge in [-0.25, -0.2) is 4.90 Å². The van der Waals surface area contributed by atoms with Crippen LogP contribution in [0.4, 0.5) is 5.69 Å². The molecule has 9 heteroatoms. The monoisotopic (exact) mass is 652 g/mol. The maximum Gasteiger partial charge on any atom is 0.246 e. The van der Waals surface area contributed by atoms with E-state index >= 15 is 4.79 Å². The lowest BCUT2D eigenvalue weighted by Gasteiger charge is -2.50. The molecule has 0 unspecified atom stereocenters. The van der Waals surface area contributed by atoms with E-state index in [0.717, 1.165) is 5.57 Å². The number of allylic oxidation sites excluding steroid dienone is 2. The van der Waals surface area contributed by atoms with Crippen molar-refractivity contribution in [3.8, 4) is 11.5 Å². The van der Waals surface area contributed by atoms with E-state index in [1.165, 1.54) is 9.80 Å². The van der Waals surface area contributed by atoms with E-state index in [0.29, 0.717) is 34.9 Å². The molecule has 1 saturated carbocycles. The number of halogens is 1. The van der Waals surface area contributed by atoms with E-state index < -0.39 is 52.4 Å². The second-order valence-corrected chi connectivity index (χ2v) is 14.3. The Morgan fingerprint density at radius 1 is 0.915 bits per heavy atom. The van der Waals surface area contributed by atoms with Gasteiger partial charge >= 0.3 is 0 Å². The average molecular weight is 653 g/mol. The van der Waals surface area contributed by atoms with Gasteiger partial charge in [0, 0.05) is 22.0 Å². The molecule has 2 heterocycles. The van der Waals surface area contributed by atoms with Crippen molar-refractivity contribution in [3.63, 3.8) is 0 Å². The highest BCUT2D eigenvalue weighted by molar-refractivity contribution is 6.32. The molecule has 0 aromatic heterocycles. The summed E-state index contributed by atoms with van der Waals surface area (Å²) in [5.74, 6) is -4.71. The second-order valence-electron chi connectivity index (χ2n) is 13.9. The maximum atomic E-state index is 15.3. The number of carbonyl (C=O) groups excluding carboxylic acids is 4. The number of likely N-dealkylation sites (tertiary alicyclic amines) is 1. The summed E-state index contributed by atoms with van der Waals surface area (Å²) in [6.07, 6.45) is 2.48. The molecule has 8 nitrogen and oxygen atoms in total. The third-order valence-corrected chi connectivity index (χ3v) is 10.7. The van der Waals surface area contributed by atoms with Gasteiger partial charge in [0.25, 0.3) is 0 Å². The molecule has 6 atom stereocenters. The minimum absolute atomic E-state index is 0.122. The Hall–Kier alpha value is -4.43. The molecule has 242 valence electrons. The van der Waals surface area contributed by atoms with Crippen LogP contribution in [0.5, 0.6) is 11.5 Å². The molecule has 3 aromatic rings. The first kappa shape index (κ1) is 31.2. The van der Waals surface area contributed by atoms with Gasteiger partial charge in [0.15, 0.2) is 11.5 Å². The number of nitrogens with zero attached hydrogens (tertiary/aromatic N) is 2. The minimum Gasteiger partial charge on any atom is -0.504 e. The van der Waals surface area contributed by atoms with E-state index in [9.17, 15) is 19.5 Å². The van der Waals surface area contributed by atoms with Gasteiger partial charge < -0.3 is 9.84 Å². The summed E-state index contributed by atoms with van der Waals surface area (Å²) in [6, 6.07) is 21.1. The van der Waals surface area contributed by atoms with Crippen LogP contribution in [-0.4, -0.2) is 45.8 Å². The highest BCUT2D eigenvalue weighted by Gasteiger charge is 2.70. The Kier molecular flexibility index (Phi) is 7.35. The number of aromatic hydroxyl groups is 1. The van der Waals surface area contributed by atoms with Crippen LogP contribution in [0.1, 0.15) is 57.6 Å². The minimum atomic E-state index is -1.48. The number of carbonyl (C=O) groups is 4. The fourth-order valence-corrected chi connectivity index (χ4v) is 8.98. The largest absolute Gasteiger partial charge is 0.504 e. The van der Waals surface area contributed by atoms with Gasteiger partial charge in [-0.15, -0.1) is 0 Å². The van der Waals surface area contributed by atoms with E-state index in [1.54, 1.807) is 42.5 Å². The Bertz CT molecular complexity index is 1850. The zero-order valence-corrected chi connectivity index (χ0v) is 27.5. The molecule has 2 aliphatic heterocycles. The van der Waals surface area contributed by atoms with Crippen molar-refractivity contribution in [2.45, 2.75) is 57.4 Å². The lowest BCUT2D eigenvalue weighted by molar-refractivity contribution is -0.145. The topological polar surface area (TPSA) is 104 Å².